The summed E-state index contributed by atoms with van der Waals surface area (Å²) < 4.78 is 0. The molecule has 1 atom stereocenters. The molecule has 0 heterocycles. The zero-order valence-corrected chi connectivity index (χ0v) is 10.8. The summed E-state index contributed by atoms with van der Waals surface area (Å²) in [4.78, 5) is 10.3. The molecule has 0 radical (unpaired) electrons. The van der Waals surface area contributed by atoms with Crippen molar-refractivity contribution in [2.24, 2.45) is 0 Å². The van der Waals surface area contributed by atoms with Crippen molar-refractivity contribution in [3.05, 3.63) is 39.9 Å². The predicted octanol–water partition coefficient (Wildman–Crippen LogP) is 2.24. The molecular formula is C13H20N2O3. The number of nitro groups is 1. The monoisotopic (exact) mass is 252 g/mol. The van der Waals surface area contributed by atoms with Crippen LogP contribution in [0.3, 0.4) is 0 Å². The molecular weight excluding hydrogens is 232 g/mol. The van der Waals surface area contributed by atoms with Gasteiger partial charge in [-0.2, -0.15) is 0 Å². The first-order valence-electron chi connectivity index (χ1n) is 6.10. The van der Waals surface area contributed by atoms with Gasteiger partial charge in [0.15, 0.2) is 0 Å². The third-order valence-electron chi connectivity index (χ3n) is 2.99. The minimum atomic E-state index is -0.402. The smallest absolute Gasteiger partial charge is 0.269 e. The Balaban J connectivity index is 2.67. The number of non-ortho nitro benzene ring substituents is 1. The van der Waals surface area contributed by atoms with Crippen LogP contribution >= 0.6 is 0 Å². The van der Waals surface area contributed by atoms with E-state index in [1.807, 2.05) is 13.0 Å². The number of hydrogen-bond acceptors (Lipinski definition) is 4. The van der Waals surface area contributed by atoms with E-state index < -0.39 is 4.92 Å². The zero-order valence-electron chi connectivity index (χ0n) is 10.8. The molecule has 0 amide bonds. The molecule has 0 bridgehead atoms. The number of nitrogens with one attached hydrogen (secondary N) is 1. The van der Waals surface area contributed by atoms with Crippen LogP contribution < -0.4 is 5.32 Å². The van der Waals surface area contributed by atoms with Gasteiger partial charge in [-0.05, 0) is 18.9 Å². The van der Waals surface area contributed by atoms with Gasteiger partial charge in [0.05, 0.1) is 11.5 Å². The highest BCUT2D eigenvalue weighted by Gasteiger charge is 2.21. The first-order valence-corrected chi connectivity index (χ1v) is 6.10. The lowest BCUT2D eigenvalue weighted by molar-refractivity contribution is -0.384. The fourth-order valence-electron chi connectivity index (χ4n) is 1.87. The quantitative estimate of drug-likeness (QED) is 0.576. The van der Waals surface area contributed by atoms with Crippen molar-refractivity contribution in [1.82, 2.24) is 5.32 Å². The summed E-state index contributed by atoms with van der Waals surface area (Å²) in [5, 5.41) is 23.3. The standard InChI is InChI=1S/C13H20N2O3/c1-3-7-13(2,10-16)14-9-11-5-4-6-12(8-11)15(17)18/h4-6,8,14,16H,3,7,9-10H2,1-2H3. The van der Waals surface area contributed by atoms with E-state index in [1.165, 1.54) is 6.07 Å². The second kappa shape index (κ2) is 6.47. The number of benzene rings is 1. The summed E-state index contributed by atoms with van der Waals surface area (Å²) in [6.07, 6.45) is 1.83. The maximum absolute atomic E-state index is 10.7. The lowest BCUT2D eigenvalue weighted by Gasteiger charge is -2.28. The summed E-state index contributed by atoms with van der Waals surface area (Å²) in [6, 6.07) is 6.53. The van der Waals surface area contributed by atoms with E-state index in [4.69, 9.17) is 0 Å². The van der Waals surface area contributed by atoms with Gasteiger partial charge in [0.1, 0.15) is 0 Å². The van der Waals surface area contributed by atoms with Gasteiger partial charge >= 0.3 is 0 Å². The van der Waals surface area contributed by atoms with Crippen LogP contribution in [-0.4, -0.2) is 22.2 Å². The van der Waals surface area contributed by atoms with Gasteiger partial charge in [0.2, 0.25) is 0 Å². The minimum absolute atomic E-state index is 0.0514. The molecule has 1 aromatic carbocycles. The molecule has 1 rings (SSSR count). The zero-order chi connectivity index (χ0) is 13.6. The summed E-state index contributed by atoms with van der Waals surface area (Å²) in [5.41, 5.74) is 0.606. The molecule has 0 fully saturated rings. The molecule has 0 aromatic heterocycles. The third-order valence-corrected chi connectivity index (χ3v) is 2.99. The van der Waals surface area contributed by atoms with Gasteiger partial charge in [-0.1, -0.05) is 25.5 Å². The minimum Gasteiger partial charge on any atom is -0.394 e. The molecule has 18 heavy (non-hydrogen) atoms. The molecule has 0 spiro atoms. The average Bonchev–Trinajstić information content (AvgIpc) is 2.37. The highest BCUT2D eigenvalue weighted by atomic mass is 16.6. The maximum Gasteiger partial charge on any atom is 0.269 e. The second-order valence-electron chi connectivity index (χ2n) is 4.75. The van der Waals surface area contributed by atoms with Crippen LogP contribution in [0.5, 0.6) is 0 Å². The van der Waals surface area contributed by atoms with Gasteiger partial charge < -0.3 is 10.4 Å². The fraction of sp³-hybridized carbons (Fsp3) is 0.538. The first-order chi connectivity index (χ1) is 8.50. The van der Waals surface area contributed by atoms with E-state index in [-0.39, 0.29) is 17.8 Å². The summed E-state index contributed by atoms with van der Waals surface area (Å²) in [6.45, 7) is 4.57. The Hall–Kier alpha value is -1.46. The fourth-order valence-corrected chi connectivity index (χ4v) is 1.87. The van der Waals surface area contributed by atoms with Gasteiger partial charge in [-0.15, -0.1) is 0 Å². The highest BCUT2D eigenvalue weighted by molar-refractivity contribution is 5.34. The molecule has 1 unspecified atom stereocenters. The average molecular weight is 252 g/mol. The Kier molecular flexibility index (Phi) is 5.25. The van der Waals surface area contributed by atoms with Crippen molar-refractivity contribution >= 4 is 5.69 Å². The van der Waals surface area contributed by atoms with Gasteiger partial charge in [-0.3, -0.25) is 10.1 Å². The Morgan fingerprint density at radius 2 is 2.22 bits per heavy atom. The number of nitrogens with zero attached hydrogens (tertiary/aromatic N) is 1. The van der Waals surface area contributed by atoms with Crippen LogP contribution in [0.1, 0.15) is 32.3 Å². The molecule has 0 saturated heterocycles. The van der Waals surface area contributed by atoms with Crippen molar-refractivity contribution in [2.75, 3.05) is 6.61 Å². The summed E-state index contributed by atoms with van der Waals surface area (Å²) in [7, 11) is 0. The molecule has 100 valence electrons. The molecule has 0 aliphatic carbocycles. The summed E-state index contributed by atoms with van der Waals surface area (Å²) >= 11 is 0. The lowest BCUT2D eigenvalue weighted by atomic mass is 9.97. The number of hydrogen-bond donors (Lipinski definition) is 2. The topological polar surface area (TPSA) is 75.4 Å². The summed E-state index contributed by atoms with van der Waals surface area (Å²) in [5.74, 6) is 0. The molecule has 5 heteroatoms. The normalized spacial score (nSPS) is 14.2. The van der Waals surface area contributed by atoms with Gasteiger partial charge in [0, 0.05) is 24.2 Å². The lowest BCUT2D eigenvalue weighted by Crippen LogP contribution is -2.45. The Labute approximate surface area is 107 Å². The third kappa shape index (κ3) is 4.09. The van der Waals surface area contributed by atoms with E-state index >= 15 is 0 Å². The predicted molar refractivity (Wildman–Crippen MR) is 70.3 cm³/mol. The number of aliphatic hydroxyl groups excluding tert-OH is 1. The Morgan fingerprint density at radius 3 is 2.78 bits per heavy atom. The van der Waals surface area contributed by atoms with Crippen molar-refractivity contribution in [1.29, 1.82) is 0 Å². The number of aliphatic hydroxyl groups is 1. The Bertz CT molecular complexity index is 409. The largest absolute Gasteiger partial charge is 0.394 e. The van der Waals surface area contributed by atoms with Gasteiger partial charge in [-0.25, -0.2) is 0 Å². The van der Waals surface area contributed by atoms with Crippen LogP contribution in [-0.2, 0) is 6.54 Å². The van der Waals surface area contributed by atoms with Gasteiger partial charge in [0.25, 0.3) is 5.69 Å². The van der Waals surface area contributed by atoms with Crippen molar-refractivity contribution < 1.29 is 10.0 Å². The van der Waals surface area contributed by atoms with Crippen LogP contribution in [0.4, 0.5) is 5.69 Å². The second-order valence-corrected chi connectivity index (χ2v) is 4.75. The van der Waals surface area contributed by atoms with Crippen molar-refractivity contribution in [2.45, 2.75) is 38.8 Å². The van der Waals surface area contributed by atoms with Crippen LogP contribution in [0, 0.1) is 10.1 Å². The maximum atomic E-state index is 10.7. The van der Waals surface area contributed by atoms with E-state index in [0.29, 0.717) is 6.54 Å². The van der Waals surface area contributed by atoms with E-state index in [1.54, 1.807) is 12.1 Å². The first kappa shape index (κ1) is 14.6. The van der Waals surface area contributed by atoms with Crippen LogP contribution in [0.2, 0.25) is 0 Å². The molecule has 0 saturated carbocycles. The number of nitro benzene ring substituents is 1. The highest BCUT2D eigenvalue weighted by Crippen LogP contribution is 2.16. The van der Waals surface area contributed by atoms with Crippen LogP contribution in [0.25, 0.3) is 0 Å². The van der Waals surface area contributed by atoms with E-state index in [9.17, 15) is 15.2 Å². The molecule has 2 N–H and O–H groups in total. The SMILES string of the molecule is CCCC(C)(CO)NCc1cccc([N+](=O)[O-])c1. The Morgan fingerprint density at radius 1 is 1.50 bits per heavy atom. The van der Waals surface area contributed by atoms with Crippen molar-refractivity contribution in [3.8, 4) is 0 Å². The van der Waals surface area contributed by atoms with Crippen LogP contribution in [0.15, 0.2) is 24.3 Å². The van der Waals surface area contributed by atoms with Crippen molar-refractivity contribution in [3.63, 3.8) is 0 Å². The number of rotatable bonds is 7. The molecule has 5 nitrogen and oxygen atoms in total. The molecule has 0 aliphatic heterocycles. The molecule has 0 aliphatic rings. The van der Waals surface area contributed by atoms with E-state index in [2.05, 4.69) is 12.2 Å². The molecule has 1 aromatic rings. The van der Waals surface area contributed by atoms with E-state index in [0.717, 1.165) is 18.4 Å².